The zero-order chi connectivity index (χ0) is 23.7. The van der Waals surface area contributed by atoms with Crippen molar-refractivity contribution in [2.24, 2.45) is 0 Å². The number of nitro groups is 1. The van der Waals surface area contributed by atoms with Gasteiger partial charge >= 0.3 is 5.97 Å². The molecule has 1 N–H and O–H groups in total. The van der Waals surface area contributed by atoms with Crippen LogP contribution in [0.4, 0.5) is 5.69 Å². The number of benzene rings is 1. The van der Waals surface area contributed by atoms with Gasteiger partial charge in [-0.05, 0) is 47.2 Å². The van der Waals surface area contributed by atoms with E-state index in [-0.39, 0.29) is 41.6 Å². The number of fused-ring (bicyclic) bond motifs is 1. The molecule has 0 saturated carbocycles. The van der Waals surface area contributed by atoms with Crippen molar-refractivity contribution in [1.29, 1.82) is 0 Å². The first kappa shape index (κ1) is 23.0. The van der Waals surface area contributed by atoms with Crippen LogP contribution < -0.4 is 5.32 Å². The first-order valence-electron chi connectivity index (χ1n) is 9.74. The summed E-state index contributed by atoms with van der Waals surface area (Å²) in [5.41, 5.74) is 0.541. The van der Waals surface area contributed by atoms with E-state index in [9.17, 15) is 29.1 Å². The maximum Gasteiger partial charge on any atom is 0.355 e. The molecule has 3 atom stereocenters. The lowest BCUT2D eigenvalue weighted by molar-refractivity contribution is -0.384. The monoisotopic (exact) mass is 488 g/mol. The summed E-state index contributed by atoms with van der Waals surface area (Å²) in [5.74, 6) is -1.79. The van der Waals surface area contributed by atoms with Crippen molar-refractivity contribution < 1.29 is 28.6 Å². The largest absolute Gasteiger partial charge is 0.614 e. The molecule has 0 bridgehead atoms. The van der Waals surface area contributed by atoms with E-state index in [4.69, 9.17) is 4.74 Å². The SMILES string of the molecule is [CH2]C1=C(C(=O)OCc2ccc([N+](=O)[O-])cc2)N2C(=O)C(NC(=O)Cc3cccs3)[C@@H]2[S+]([O-])C1. The first-order valence-corrected chi connectivity index (χ1v) is 12.0. The normalized spacial score (nSPS) is 21.8. The molecule has 1 saturated heterocycles. The van der Waals surface area contributed by atoms with Crippen LogP contribution in [0.3, 0.4) is 0 Å². The van der Waals surface area contributed by atoms with Crippen molar-refractivity contribution in [3.63, 3.8) is 0 Å². The average molecular weight is 489 g/mol. The molecule has 0 aliphatic carbocycles. The molecule has 1 radical (unpaired) electrons. The number of non-ortho nitro benzene ring substituents is 1. The molecule has 1 fully saturated rings. The second-order valence-corrected chi connectivity index (χ2v) is 9.94. The third kappa shape index (κ3) is 4.63. The highest BCUT2D eigenvalue weighted by Crippen LogP contribution is 2.37. The molecule has 10 nitrogen and oxygen atoms in total. The highest BCUT2D eigenvalue weighted by atomic mass is 32.2. The Morgan fingerprint density at radius 1 is 1.30 bits per heavy atom. The minimum Gasteiger partial charge on any atom is -0.614 e. The Bertz CT molecular complexity index is 1130. The van der Waals surface area contributed by atoms with Gasteiger partial charge in [-0.25, -0.2) is 4.79 Å². The van der Waals surface area contributed by atoms with Crippen LogP contribution in [0, 0.1) is 17.0 Å². The Morgan fingerprint density at radius 3 is 2.67 bits per heavy atom. The van der Waals surface area contributed by atoms with Gasteiger partial charge in [0, 0.05) is 22.6 Å². The summed E-state index contributed by atoms with van der Waals surface area (Å²) in [6.07, 6.45) is 0.0986. The number of nitrogens with zero attached hydrogens (tertiary/aromatic N) is 2. The number of amides is 2. The third-order valence-corrected chi connectivity index (χ3v) is 7.68. The summed E-state index contributed by atoms with van der Waals surface area (Å²) in [6, 6.07) is 8.11. The van der Waals surface area contributed by atoms with Crippen molar-refractivity contribution in [3.05, 3.63) is 80.5 Å². The van der Waals surface area contributed by atoms with Crippen molar-refractivity contribution in [3.8, 4) is 0 Å². The highest BCUT2D eigenvalue weighted by Gasteiger charge is 2.60. The average Bonchev–Trinajstić information content (AvgIpc) is 3.28. The zero-order valence-corrected chi connectivity index (χ0v) is 18.7. The van der Waals surface area contributed by atoms with Gasteiger partial charge in [-0.2, -0.15) is 0 Å². The van der Waals surface area contributed by atoms with Crippen LogP contribution in [0.25, 0.3) is 0 Å². The summed E-state index contributed by atoms with van der Waals surface area (Å²) in [5, 5.41) is 14.3. The third-order valence-electron chi connectivity index (χ3n) is 5.15. The standard InChI is InChI=1S/C21H18N3O7S2/c1-12-11-33(30)20-17(22-16(25)9-15-3-2-8-32-15)19(26)23(20)18(12)21(27)31-10-13-4-6-14(7-5-13)24(28)29/h2-8,17,20H,1,9-11H2,(H,22,25)/t17?,20-,33?/m0/s1. The molecule has 12 heteroatoms. The fourth-order valence-electron chi connectivity index (χ4n) is 3.57. The van der Waals surface area contributed by atoms with E-state index in [1.807, 2.05) is 11.4 Å². The van der Waals surface area contributed by atoms with Crippen molar-refractivity contribution in [2.75, 3.05) is 5.75 Å². The van der Waals surface area contributed by atoms with Crippen LogP contribution in [0.15, 0.2) is 53.0 Å². The number of thiophene rings is 1. The number of hydrogen-bond acceptors (Lipinski definition) is 8. The van der Waals surface area contributed by atoms with Gasteiger partial charge in [-0.1, -0.05) is 6.07 Å². The number of β-lactam (4-membered cyclic amide) rings is 1. The predicted molar refractivity (Wildman–Crippen MR) is 119 cm³/mol. The summed E-state index contributed by atoms with van der Waals surface area (Å²) in [6.45, 7) is 3.58. The number of esters is 1. The highest BCUT2D eigenvalue weighted by molar-refractivity contribution is 7.92. The van der Waals surface area contributed by atoms with E-state index < -0.39 is 39.4 Å². The molecule has 2 aliphatic heterocycles. The van der Waals surface area contributed by atoms with Gasteiger partial charge in [-0.15, -0.1) is 11.3 Å². The maximum atomic E-state index is 12.8. The lowest BCUT2D eigenvalue weighted by atomic mass is 10.0. The molecule has 2 unspecified atom stereocenters. The molecule has 2 amide bonds. The van der Waals surface area contributed by atoms with E-state index in [0.717, 1.165) is 9.78 Å². The van der Waals surface area contributed by atoms with Crippen LogP contribution in [0.2, 0.25) is 0 Å². The fraction of sp³-hybridized carbons (Fsp3) is 0.238. The molecule has 3 heterocycles. The van der Waals surface area contributed by atoms with E-state index in [1.165, 1.54) is 35.6 Å². The Balaban J connectivity index is 1.42. The van der Waals surface area contributed by atoms with E-state index >= 15 is 0 Å². The number of carbonyl (C=O) groups excluding carboxylic acids is 3. The van der Waals surface area contributed by atoms with Gasteiger partial charge < -0.3 is 14.6 Å². The smallest absolute Gasteiger partial charge is 0.355 e. The lowest BCUT2D eigenvalue weighted by Crippen LogP contribution is -2.74. The van der Waals surface area contributed by atoms with Crippen LogP contribution in [-0.4, -0.2) is 49.3 Å². The molecule has 2 aromatic rings. The molecule has 4 rings (SSSR count). The number of carbonyl (C=O) groups is 3. The van der Waals surface area contributed by atoms with Crippen molar-refractivity contribution in [2.45, 2.75) is 24.4 Å². The Kier molecular flexibility index (Phi) is 6.49. The summed E-state index contributed by atoms with van der Waals surface area (Å²) < 4.78 is 17.9. The van der Waals surface area contributed by atoms with Gasteiger partial charge in [0.15, 0.2) is 6.04 Å². The van der Waals surface area contributed by atoms with Gasteiger partial charge in [0.1, 0.15) is 18.1 Å². The Morgan fingerprint density at radius 2 is 2.03 bits per heavy atom. The molecular formula is C21H18N3O7S2. The molecule has 1 aromatic carbocycles. The van der Waals surface area contributed by atoms with Gasteiger partial charge in [0.25, 0.3) is 11.6 Å². The van der Waals surface area contributed by atoms with Crippen LogP contribution in [0.5, 0.6) is 0 Å². The lowest BCUT2D eigenvalue weighted by Gasteiger charge is -2.49. The molecule has 2 aliphatic rings. The zero-order valence-electron chi connectivity index (χ0n) is 17.1. The fourth-order valence-corrected chi connectivity index (χ4v) is 5.86. The Labute approximate surface area is 195 Å². The second-order valence-electron chi connectivity index (χ2n) is 7.38. The number of nitrogens with one attached hydrogen (secondary N) is 1. The molecule has 33 heavy (non-hydrogen) atoms. The predicted octanol–water partition coefficient (Wildman–Crippen LogP) is 1.45. The van der Waals surface area contributed by atoms with Gasteiger partial charge in [0.05, 0.1) is 11.3 Å². The van der Waals surface area contributed by atoms with E-state index in [1.54, 1.807) is 6.07 Å². The van der Waals surface area contributed by atoms with Crippen LogP contribution in [0.1, 0.15) is 10.4 Å². The quantitative estimate of drug-likeness (QED) is 0.204. The number of nitro benzene ring substituents is 1. The maximum absolute atomic E-state index is 12.8. The number of ether oxygens (including phenoxy) is 1. The number of hydrogen-bond donors (Lipinski definition) is 1. The van der Waals surface area contributed by atoms with Crippen molar-refractivity contribution in [1.82, 2.24) is 10.2 Å². The molecule has 0 spiro atoms. The van der Waals surface area contributed by atoms with Crippen molar-refractivity contribution >= 4 is 46.0 Å². The Hall–Kier alpha value is -3.22. The minimum absolute atomic E-state index is 0.0340. The molecular weight excluding hydrogens is 470 g/mol. The van der Waals surface area contributed by atoms with Gasteiger partial charge in [0.2, 0.25) is 11.3 Å². The molecule has 171 valence electrons. The van der Waals surface area contributed by atoms with Crippen LogP contribution in [-0.2, 0) is 43.3 Å². The van der Waals surface area contributed by atoms with Crippen LogP contribution >= 0.6 is 11.3 Å². The second kappa shape index (κ2) is 9.33. The minimum atomic E-state index is -1.55. The van der Waals surface area contributed by atoms with E-state index in [2.05, 4.69) is 12.2 Å². The van der Waals surface area contributed by atoms with Gasteiger partial charge in [-0.3, -0.25) is 24.6 Å². The summed E-state index contributed by atoms with van der Waals surface area (Å²) in [4.78, 5) is 49.9. The first-order chi connectivity index (χ1) is 15.8. The topological polar surface area (TPSA) is 142 Å². The molecule has 1 aromatic heterocycles. The summed E-state index contributed by atoms with van der Waals surface area (Å²) in [7, 11) is 0. The summed E-state index contributed by atoms with van der Waals surface area (Å²) >= 11 is -0.136. The van der Waals surface area contributed by atoms with E-state index in [0.29, 0.717) is 5.56 Å². The number of rotatable bonds is 7.